The van der Waals surface area contributed by atoms with Crippen LogP contribution in [0.4, 0.5) is 4.39 Å². The molecule has 9 nitrogen and oxygen atoms in total. The number of fused-ring (bicyclic) bond motifs is 1. The fourth-order valence-corrected chi connectivity index (χ4v) is 3.84. The Morgan fingerprint density at radius 3 is 2.56 bits per heavy atom. The van der Waals surface area contributed by atoms with E-state index in [9.17, 15) is 23.6 Å². The van der Waals surface area contributed by atoms with Crippen molar-refractivity contribution in [2.24, 2.45) is 5.10 Å². The van der Waals surface area contributed by atoms with Gasteiger partial charge in [-0.05, 0) is 37.3 Å². The second-order valence-electron chi connectivity index (χ2n) is 8.87. The zero-order chi connectivity index (χ0) is 24.9. The Labute approximate surface area is 202 Å². The van der Waals surface area contributed by atoms with Crippen LogP contribution in [0.3, 0.4) is 0 Å². The van der Waals surface area contributed by atoms with E-state index in [4.69, 9.17) is 9.57 Å². The smallest absolute Gasteiger partial charge is 0.333 e. The van der Waals surface area contributed by atoms with E-state index in [0.29, 0.717) is 34.9 Å². The van der Waals surface area contributed by atoms with E-state index in [0.717, 1.165) is 12.0 Å². The number of ether oxygens (including phenoxy) is 1. The van der Waals surface area contributed by atoms with Gasteiger partial charge in [-0.25, -0.2) is 14.6 Å². The molecule has 1 N–H and O–H groups in total. The predicted octanol–water partition coefficient (Wildman–Crippen LogP) is 2.85. The van der Waals surface area contributed by atoms with Gasteiger partial charge in [-0.1, -0.05) is 13.8 Å². The van der Waals surface area contributed by atoms with Crippen molar-refractivity contribution in [3.8, 4) is 5.75 Å². The van der Waals surface area contributed by atoms with Crippen LogP contribution in [0.15, 0.2) is 17.2 Å². The van der Waals surface area contributed by atoms with Crippen molar-refractivity contribution in [1.29, 1.82) is 0 Å². The van der Waals surface area contributed by atoms with Crippen LogP contribution in [0.25, 0.3) is 0 Å². The van der Waals surface area contributed by atoms with Gasteiger partial charge in [0.1, 0.15) is 11.6 Å². The number of rotatable bonds is 9. The third kappa shape index (κ3) is 7.02. The number of thiol groups is 1. The van der Waals surface area contributed by atoms with E-state index < -0.39 is 28.3 Å². The number of carbonyl (C=O) groups is 4. The van der Waals surface area contributed by atoms with E-state index >= 15 is 0 Å². The van der Waals surface area contributed by atoms with Crippen molar-refractivity contribution in [3.05, 3.63) is 29.1 Å². The maximum absolute atomic E-state index is 14.9. The second-order valence-corrected chi connectivity index (χ2v) is 10.1. The first-order valence-corrected chi connectivity index (χ1v) is 11.6. The SMILES string of the molecule is CC(C)(S)CC(=O)NN=C1CCCc2cc(OCCCC(=O)ON3C(=O)CCC3=O)cc(F)c21. The summed E-state index contributed by atoms with van der Waals surface area (Å²) in [5.74, 6) is -2.26. The molecule has 2 aliphatic rings. The van der Waals surface area contributed by atoms with Gasteiger partial charge in [-0.15, -0.1) is 5.06 Å². The molecule has 34 heavy (non-hydrogen) atoms. The summed E-state index contributed by atoms with van der Waals surface area (Å²) in [5.41, 5.74) is 4.06. The van der Waals surface area contributed by atoms with Crippen molar-refractivity contribution in [2.45, 2.75) is 70.0 Å². The lowest BCUT2D eigenvalue weighted by Crippen LogP contribution is -2.32. The fourth-order valence-electron chi connectivity index (χ4n) is 3.70. The maximum atomic E-state index is 14.9. The minimum absolute atomic E-state index is 0.0335. The van der Waals surface area contributed by atoms with E-state index in [1.807, 2.05) is 13.8 Å². The Bertz CT molecular complexity index is 1000. The van der Waals surface area contributed by atoms with Crippen LogP contribution in [-0.2, 0) is 30.4 Å². The molecule has 184 valence electrons. The minimum Gasteiger partial charge on any atom is -0.493 e. The Hall–Kier alpha value is -2.95. The quantitative estimate of drug-likeness (QED) is 0.237. The largest absolute Gasteiger partial charge is 0.493 e. The molecule has 11 heteroatoms. The van der Waals surface area contributed by atoms with Gasteiger partial charge < -0.3 is 9.57 Å². The zero-order valence-electron chi connectivity index (χ0n) is 19.2. The number of nitrogens with zero attached hydrogens (tertiary/aromatic N) is 2. The lowest BCUT2D eigenvalue weighted by Gasteiger charge is -2.20. The van der Waals surface area contributed by atoms with Gasteiger partial charge in [0, 0.05) is 35.6 Å². The molecule has 0 bridgehead atoms. The normalized spacial score (nSPS) is 17.1. The molecule has 0 saturated carbocycles. The molecule has 1 aliphatic carbocycles. The molecule has 1 fully saturated rings. The number of nitrogens with one attached hydrogen (secondary N) is 1. The molecule has 0 aromatic heterocycles. The van der Waals surface area contributed by atoms with Gasteiger partial charge in [0.2, 0.25) is 5.91 Å². The molecule has 1 aromatic rings. The Morgan fingerprint density at radius 1 is 1.18 bits per heavy atom. The average molecular weight is 494 g/mol. The van der Waals surface area contributed by atoms with E-state index in [1.165, 1.54) is 6.07 Å². The van der Waals surface area contributed by atoms with Gasteiger partial charge in [0.15, 0.2) is 0 Å². The number of imide groups is 1. The Kier molecular flexibility index (Phi) is 8.29. The topological polar surface area (TPSA) is 114 Å². The molecule has 1 aliphatic heterocycles. The number of hydrogen-bond donors (Lipinski definition) is 2. The number of hydroxylamine groups is 2. The number of amides is 3. The molecule has 0 spiro atoms. The van der Waals surface area contributed by atoms with Gasteiger partial charge >= 0.3 is 5.97 Å². The molecule has 1 aromatic carbocycles. The summed E-state index contributed by atoms with van der Waals surface area (Å²) in [6.07, 6.45) is 2.37. The standard InChI is InChI=1S/C23H28FN3O6S/c1-23(2,34)13-18(28)26-25-17-6-3-5-14-11-15(12-16(24)22(14)17)32-10-4-7-21(31)33-27-19(29)8-9-20(27)30/h11-12,34H,3-10,13H2,1-2H3,(H,26,28). The van der Waals surface area contributed by atoms with Crippen molar-refractivity contribution in [1.82, 2.24) is 10.5 Å². The van der Waals surface area contributed by atoms with Gasteiger partial charge in [0.05, 0.1) is 18.7 Å². The molecular weight excluding hydrogens is 465 g/mol. The highest BCUT2D eigenvalue weighted by Gasteiger charge is 2.32. The van der Waals surface area contributed by atoms with E-state index in [1.54, 1.807) is 6.07 Å². The third-order valence-corrected chi connectivity index (χ3v) is 5.35. The highest BCUT2D eigenvalue weighted by Crippen LogP contribution is 2.29. The molecule has 1 heterocycles. The number of carbonyl (C=O) groups excluding carboxylic acids is 4. The lowest BCUT2D eigenvalue weighted by atomic mass is 9.89. The first-order chi connectivity index (χ1) is 16.0. The van der Waals surface area contributed by atoms with E-state index in [-0.39, 0.29) is 44.6 Å². The number of aryl methyl sites for hydroxylation is 1. The van der Waals surface area contributed by atoms with Crippen LogP contribution >= 0.6 is 12.6 Å². The molecule has 0 unspecified atom stereocenters. The summed E-state index contributed by atoms with van der Waals surface area (Å²) in [5, 5.41) is 4.65. The first kappa shape index (κ1) is 25.7. The number of hydrazone groups is 1. The second kappa shape index (κ2) is 11.0. The number of benzene rings is 1. The number of hydrogen-bond acceptors (Lipinski definition) is 8. The van der Waals surface area contributed by atoms with Crippen LogP contribution in [0.2, 0.25) is 0 Å². The highest BCUT2D eigenvalue weighted by atomic mass is 32.1. The predicted molar refractivity (Wildman–Crippen MR) is 124 cm³/mol. The molecule has 0 atom stereocenters. The maximum Gasteiger partial charge on any atom is 0.333 e. The average Bonchev–Trinajstić information content (AvgIpc) is 3.06. The molecule has 3 rings (SSSR count). The van der Waals surface area contributed by atoms with Crippen molar-refractivity contribution >= 4 is 42.0 Å². The summed E-state index contributed by atoms with van der Waals surface area (Å²) in [6.45, 7) is 3.75. The van der Waals surface area contributed by atoms with Crippen LogP contribution in [0.5, 0.6) is 5.75 Å². The summed E-state index contributed by atoms with van der Waals surface area (Å²) >= 11 is 4.33. The summed E-state index contributed by atoms with van der Waals surface area (Å²) in [4.78, 5) is 51.6. The van der Waals surface area contributed by atoms with E-state index in [2.05, 4.69) is 23.2 Å². The molecular formula is C23H28FN3O6S. The van der Waals surface area contributed by atoms with Gasteiger partial charge in [-0.2, -0.15) is 17.7 Å². The minimum atomic E-state index is -0.715. The Morgan fingerprint density at radius 2 is 1.88 bits per heavy atom. The Balaban J connectivity index is 1.54. The van der Waals surface area contributed by atoms with Crippen LogP contribution in [-0.4, -0.2) is 45.8 Å². The summed E-state index contributed by atoms with van der Waals surface area (Å²) in [7, 11) is 0. The third-order valence-electron chi connectivity index (χ3n) is 5.20. The van der Waals surface area contributed by atoms with Crippen molar-refractivity contribution < 1.29 is 33.1 Å². The first-order valence-electron chi connectivity index (χ1n) is 11.1. The van der Waals surface area contributed by atoms with Crippen molar-refractivity contribution in [3.63, 3.8) is 0 Å². The van der Waals surface area contributed by atoms with Crippen LogP contribution < -0.4 is 10.2 Å². The van der Waals surface area contributed by atoms with Gasteiger partial charge in [0.25, 0.3) is 11.8 Å². The summed E-state index contributed by atoms with van der Waals surface area (Å²) in [6, 6.07) is 2.98. The monoisotopic (exact) mass is 493 g/mol. The van der Waals surface area contributed by atoms with Crippen molar-refractivity contribution in [2.75, 3.05) is 6.61 Å². The highest BCUT2D eigenvalue weighted by molar-refractivity contribution is 7.81. The zero-order valence-corrected chi connectivity index (χ0v) is 20.1. The van der Waals surface area contributed by atoms with Crippen LogP contribution in [0, 0.1) is 5.82 Å². The van der Waals surface area contributed by atoms with Gasteiger partial charge in [-0.3, -0.25) is 14.4 Å². The fraction of sp³-hybridized carbons (Fsp3) is 0.522. The number of halogens is 1. The molecule has 3 amide bonds. The lowest BCUT2D eigenvalue weighted by molar-refractivity contribution is -0.197. The molecule has 0 radical (unpaired) electrons. The molecule has 1 saturated heterocycles. The van der Waals surface area contributed by atoms with Crippen LogP contribution in [0.1, 0.15) is 69.9 Å². The summed E-state index contributed by atoms with van der Waals surface area (Å²) < 4.78 is 20.0.